The Bertz CT molecular complexity index is 1130. The molecular formula is C18H14ClF3N4O. The minimum absolute atomic E-state index is 0.304. The van der Waals surface area contributed by atoms with E-state index >= 15 is 0 Å². The molecule has 2 aromatic heterocycles. The monoisotopic (exact) mass is 394 g/mol. The zero-order chi connectivity index (χ0) is 19.2. The molecule has 4 aromatic rings. The van der Waals surface area contributed by atoms with Crippen LogP contribution in [0.25, 0.3) is 21.9 Å². The second-order valence-electron chi connectivity index (χ2n) is 5.90. The van der Waals surface area contributed by atoms with Gasteiger partial charge in [-0.15, -0.1) is 13.2 Å². The highest BCUT2D eigenvalue weighted by Gasteiger charge is 2.31. The summed E-state index contributed by atoms with van der Waals surface area (Å²) in [6, 6.07) is 9.58. The number of aryl methyl sites for hydroxylation is 1. The van der Waals surface area contributed by atoms with Crippen LogP contribution in [0.1, 0.15) is 6.92 Å². The Kier molecular flexibility index (Phi) is 4.15. The predicted molar refractivity (Wildman–Crippen MR) is 98.7 cm³/mol. The van der Waals surface area contributed by atoms with Crippen LogP contribution in [-0.2, 0) is 6.54 Å². The lowest BCUT2D eigenvalue weighted by atomic mass is 10.2. The minimum atomic E-state index is -4.74. The smallest absolute Gasteiger partial charge is 0.406 e. The Hall–Kier alpha value is -2.87. The Morgan fingerprint density at radius 1 is 1.22 bits per heavy atom. The summed E-state index contributed by atoms with van der Waals surface area (Å²) in [7, 11) is 0. The first kappa shape index (κ1) is 17.5. The molecule has 0 bridgehead atoms. The largest absolute Gasteiger partial charge is 0.573 e. The molecule has 0 aliphatic carbocycles. The Labute approximate surface area is 156 Å². The van der Waals surface area contributed by atoms with Crippen molar-refractivity contribution in [2.45, 2.75) is 19.8 Å². The molecule has 2 heterocycles. The first-order valence-corrected chi connectivity index (χ1v) is 8.51. The van der Waals surface area contributed by atoms with Gasteiger partial charge in [0.25, 0.3) is 0 Å². The molecule has 0 saturated carbocycles. The summed E-state index contributed by atoms with van der Waals surface area (Å²) in [5.41, 5.74) is 2.78. The molecule has 0 saturated heterocycles. The fraction of sp³-hybridized carbons (Fsp3) is 0.167. The maximum atomic E-state index is 12.5. The molecule has 0 aliphatic rings. The van der Waals surface area contributed by atoms with Gasteiger partial charge in [-0.25, -0.2) is 4.98 Å². The average molecular weight is 395 g/mol. The number of imidazole rings is 1. The molecule has 9 heteroatoms. The zero-order valence-electron chi connectivity index (χ0n) is 14.1. The van der Waals surface area contributed by atoms with Gasteiger partial charge in [0.05, 0.1) is 16.7 Å². The summed E-state index contributed by atoms with van der Waals surface area (Å²) in [6.07, 6.45) is -2.95. The Morgan fingerprint density at radius 3 is 2.78 bits per heavy atom. The molecule has 27 heavy (non-hydrogen) atoms. The van der Waals surface area contributed by atoms with Gasteiger partial charge in [0.1, 0.15) is 5.75 Å². The third-order valence-corrected chi connectivity index (χ3v) is 4.39. The molecule has 0 amide bonds. The van der Waals surface area contributed by atoms with Crippen molar-refractivity contribution >= 4 is 45.2 Å². The summed E-state index contributed by atoms with van der Waals surface area (Å²) in [4.78, 5) is 7.57. The van der Waals surface area contributed by atoms with E-state index in [1.54, 1.807) is 18.3 Å². The first-order chi connectivity index (χ1) is 12.8. The van der Waals surface area contributed by atoms with E-state index in [9.17, 15) is 13.2 Å². The van der Waals surface area contributed by atoms with Gasteiger partial charge < -0.3 is 19.6 Å². The van der Waals surface area contributed by atoms with Gasteiger partial charge >= 0.3 is 6.36 Å². The van der Waals surface area contributed by atoms with Gasteiger partial charge in [-0.2, -0.15) is 0 Å². The number of rotatable bonds is 4. The maximum absolute atomic E-state index is 12.5. The van der Waals surface area contributed by atoms with E-state index in [4.69, 9.17) is 11.6 Å². The second kappa shape index (κ2) is 6.38. The van der Waals surface area contributed by atoms with E-state index in [2.05, 4.69) is 20.0 Å². The average Bonchev–Trinajstić information content (AvgIpc) is 3.14. The van der Waals surface area contributed by atoms with Crippen molar-refractivity contribution in [1.29, 1.82) is 0 Å². The summed E-state index contributed by atoms with van der Waals surface area (Å²) < 4.78 is 43.2. The summed E-state index contributed by atoms with van der Waals surface area (Å²) in [6.45, 7) is 2.51. The van der Waals surface area contributed by atoms with Crippen LogP contribution in [-0.4, -0.2) is 20.9 Å². The number of hydrogen-bond donors (Lipinski definition) is 2. The van der Waals surface area contributed by atoms with Crippen molar-refractivity contribution < 1.29 is 17.9 Å². The van der Waals surface area contributed by atoms with E-state index in [1.807, 2.05) is 23.6 Å². The van der Waals surface area contributed by atoms with Crippen LogP contribution in [0.15, 0.2) is 42.6 Å². The molecule has 0 aliphatic heterocycles. The number of benzene rings is 2. The van der Waals surface area contributed by atoms with Gasteiger partial charge in [-0.3, -0.25) is 0 Å². The highest BCUT2D eigenvalue weighted by molar-refractivity contribution is 6.31. The van der Waals surface area contributed by atoms with E-state index in [0.29, 0.717) is 28.5 Å². The summed E-state index contributed by atoms with van der Waals surface area (Å²) in [5.74, 6) is 0.207. The van der Waals surface area contributed by atoms with E-state index in [1.165, 1.54) is 12.1 Å². The van der Waals surface area contributed by atoms with Crippen LogP contribution in [0.3, 0.4) is 0 Å². The van der Waals surface area contributed by atoms with E-state index in [-0.39, 0.29) is 5.75 Å². The quantitative estimate of drug-likeness (QED) is 0.457. The van der Waals surface area contributed by atoms with Crippen molar-refractivity contribution in [2.75, 3.05) is 5.32 Å². The standard InChI is InChI=1S/C18H14ClF3N4O/c1-2-26-16-6-4-11(27-18(20,21)22)8-14(16)24-17(26)25-15-9-23-13-5-3-10(19)7-12(13)15/h3-9,23H,2H2,1H3,(H,24,25). The van der Waals surface area contributed by atoms with Crippen LogP contribution in [0.5, 0.6) is 5.75 Å². The number of H-pyrrole nitrogens is 1. The topological polar surface area (TPSA) is 54.9 Å². The van der Waals surface area contributed by atoms with Gasteiger partial charge in [-0.05, 0) is 37.3 Å². The molecule has 2 aromatic carbocycles. The Balaban J connectivity index is 1.75. The van der Waals surface area contributed by atoms with Crippen molar-refractivity contribution in [2.24, 2.45) is 0 Å². The molecule has 5 nitrogen and oxygen atoms in total. The number of aromatic nitrogens is 3. The summed E-state index contributed by atoms with van der Waals surface area (Å²) >= 11 is 6.08. The zero-order valence-corrected chi connectivity index (χ0v) is 14.8. The van der Waals surface area contributed by atoms with E-state index < -0.39 is 6.36 Å². The number of halogens is 4. The van der Waals surface area contributed by atoms with Crippen molar-refractivity contribution in [3.8, 4) is 5.75 Å². The second-order valence-corrected chi connectivity index (χ2v) is 6.33. The van der Waals surface area contributed by atoms with Crippen molar-refractivity contribution in [1.82, 2.24) is 14.5 Å². The molecule has 140 valence electrons. The lowest BCUT2D eigenvalue weighted by Crippen LogP contribution is -2.17. The van der Waals surface area contributed by atoms with Gasteiger partial charge in [0.2, 0.25) is 5.95 Å². The number of alkyl halides is 3. The number of ether oxygens (including phenoxy) is 1. The fourth-order valence-corrected chi connectivity index (χ4v) is 3.21. The van der Waals surface area contributed by atoms with Crippen LogP contribution in [0.2, 0.25) is 5.02 Å². The van der Waals surface area contributed by atoms with Gasteiger partial charge in [0, 0.05) is 34.7 Å². The number of hydrogen-bond acceptors (Lipinski definition) is 3. The maximum Gasteiger partial charge on any atom is 0.573 e. The molecule has 0 spiro atoms. The van der Waals surface area contributed by atoms with E-state index in [0.717, 1.165) is 16.6 Å². The molecule has 4 rings (SSSR count). The third kappa shape index (κ3) is 3.40. The number of nitrogens with one attached hydrogen (secondary N) is 2. The molecule has 0 unspecified atom stereocenters. The highest BCUT2D eigenvalue weighted by atomic mass is 35.5. The Morgan fingerprint density at radius 2 is 2.04 bits per heavy atom. The molecule has 2 N–H and O–H groups in total. The number of anilines is 2. The lowest BCUT2D eigenvalue weighted by molar-refractivity contribution is -0.274. The van der Waals surface area contributed by atoms with Crippen molar-refractivity contribution in [3.63, 3.8) is 0 Å². The first-order valence-electron chi connectivity index (χ1n) is 8.14. The van der Waals surface area contributed by atoms with Crippen LogP contribution in [0, 0.1) is 0 Å². The normalized spacial score (nSPS) is 12.0. The third-order valence-electron chi connectivity index (χ3n) is 4.16. The summed E-state index contributed by atoms with van der Waals surface area (Å²) in [5, 5.41) is 4.72. The van der Waals surface area contributed by atoms with Crippen molar-refractivity contribution in [3.05, 3.63) is 47.6 Å². The fourth-order valence-electron chi connectivity index (χ4n) is 3.04. The number of nitrogens with zero attached hydrogens (tertiary/aromatic N) is 2. The lowest BCUT2D eigenvalue weighted by Gasteiger charge is -2.09. The van der Waals surface area contributed by atoms with Crippen LogP contribution < -0.4 is 10.1 Å². The predicted octanol–water partition coefficient (Wildman–Crippen LogP) is 5.83. The minimum Gasteiger partial charge on any atom is -0.406 e. The molecule has 0 atom stereocenters. The van der Waals surface area contributed by atoms with Gasteiger partial charge in [-0.1, -0.05) is 11.6 Å². The van der Waals surface area contributed by atoms with Gasteiger partial charge in [0.15, 0.2) is 0 Å². The van der Waals surface area contributed by atoms with Crippen LogP contribution >= 0.6 is 11.6 Å². The molecular weight excluding hydrogens is 381 g/mol. The highest BCUT2D eigenvalue weighted by Crippen LogP contribution is 2.32. The number of aromatic amines is 1. The van der Waals surface area contributed by atoms with Crippen LogP contribution in [0.4, 0.5) is 24.8 Å². The SMILES string of the molecule is CCn1c(Nc2c[nH]c3ccc(Cl)cc23)nc2cc(OC(F)(F)F)ccc21. The molecule has 0 fully saturated rings. The molecule has 0 radical (unpaired) electrons. The number of fused-ring (bicyclic) bond motifs is 2.